The van der Waals surface area contributed by atoms with Crippen molar-refractivity contribution in [2.75, 3.05) is 0 Å². The van der Waals surface area contributed by atoms with Crippen molar-refractivity contribution in [1.82, 2.24) is 0 Å². The summed E-state index contributed by atoms with van der Waals surface area (Å²) in [7, 11) is 0. The molecule has 0 aromatic heterocycles. The van der Waals surface area contributed by atoms with E-state index in [4.69, 9.17) is 10.5 Å². The van der Waals surface area contributed by atoms with Crippen LogP contribution in [0.2, 0.25) is 0 Å². The predicted molar refractivity (Wildman–Crippen MR) is 69.7 cm³/mol. The maximum atomic E-state index is 13.0. The lowest BCUT2D eigenvalue weighted by molar-refractivity contribution is 0.305. The maximum absolute atomic E-state index is 13.0. The molecule has 2 N–H and O–H groups in total. The Labute approximate surface area is 110 Å². The van der Waals surface area contributed by atoms with E-state index in [1.54, 1.807) is 12.1 Å². The smallest absolute Gasteiger partial charge is 0.159 e. The van der Waals surface area contributed by atoms with Crippen molar-refractivity contribution >= 4 is 0 Å². The first-order valence-corrected chi connectivity index (χ1v) is 5.98. The molecule has 2 aromatic rings. The molecular formula is C15H15F2NO. The van der Waals surface area contributed by atoms with Gasteiger partial charge in [-0.25, -0.2) is 8.78 Å². The Bertz CT molecular complexity index is 553. The van der Waals surface area contributed by atoms with Gasteiger partial charge in [-0.15, -0.1) is 0 Å². The van der Waals surface area contributed by atoms with Crippen LogP contribution >= 0.6 is 0 Å². The van der Waals surface area contributed by atoms with Crippen molar-refractivity contribution in [3.05, 3.63) is 65.2 Å². The summed E-state index contributed by atoms with van der Waals surface area (Å²) in [6, 6.07) is 11.1. The van der Waals surface area contributed by atoms with Gasteiger partial charge in [0.25, 0.3) is 0 Å². The molecule has 0 aliphatic carbocycles. The van der Waals surface area contributed by atoms with Gasteiger partial charge in [0.2, 0.25) is 0 Å². The molecular weight excluding hydrogens is 248 g/mol. The highest BCUT2D eigenvalue weighted by atomic mass is 19.2. The van der Waals surface area contributed by atoms with E-state index in [-0.39, 0.29) is 12.6 Å². The second-order valence-corrected chi connectivity index (χ2v) is 4.39. The van der Waals surface area contributed by atoms with Gasteiger partial charge in [-0.3, -0.25) is 0 Å². The summed E-state index contributed by atoms with van der Waals surface area (Å²) in [5.74, 6) is -1.06. The molecule has 0 fully saturated rings. The molecule has 0 radical (unpaired) electrons. The van der Waals surface area contributed by atoms with Crippen molar-refractivity contribution in [1.29, 1.82) is 0 Å². The molecule has 100 valence electrons. The molecule has 2 aromatic carbocycles. The first-order chi connectivity index (χ1) is 9.06. The van der Waals surface area contributed by atoms with Gasteiger partial charge in [0, 0.05) is 6.04 Å². The Kier molecular flexibility index (Phi) is 4.12. The second kappa shape index (κ2) is 5.80. The topological polar surface area (TPSA) is 35.2 Å². The van der Waals surface area contributed by atoms with E-state index in [9.17, 15) is 8.78 Å². The van der Waals surface area contributed by atoms with Crippen LogP contribution in [-0.2, 0) is 6.61 Å². The Morgan fingerprint density at radius 3 is 2.32 bits per heavy atom. The Balaban J connectivity index is 2.00. The van der Waals surface area contributed by atoms with Crippen LogP contribution in [0, 0.1) is 11.6 Å². The maximum Gasteiger partial charge on any atom is 0.159 e. The quantitative estimate of drug-likeness (QED) is 0.915. The molecule has 0 unspecified atom stereocenters. The molecule has 0 aliphatic heterocycles. The summed E-state index contributed by atoms with van der Waals surface area (Å²) >= 11 is 0. The van der Waals surface area contributed by atoms with E-state index in [1.165, 1.54) is 6.07 Å². The van der Waals surface area contributed by atoms with Gasteiger partial charge in [-0.1, -0.05) is 18.2 Å². The summed E-state index contributed by atoms with van der Waals surface area (Å²) in [6.45, 7) is 2.09. The fraction of sp³-hybridized carbons (Fsp3) is 0.200. The van der Waals surface area contributed by atoms with E-state index in [0.717, 1.165) is 17.7 Å². The summed E-state index contributed by atoms with van der Waals surface area (Å²) in [5, 5.41) is 0. The lowest BCUT2D eigenvalue weighted by Crippen LogP contribution is -2.04. The van der Waals surface area contributed by atoms with Gasteiger partial charge in [0.05, 0.1) is 0 Å². The molecule has 0 saturated carbocycles. The molecule has 0 amide bonds. The van der Waals surface area contributed by atoms with Crippen molar-refractivity contribution in [2.45, 2.75) is 19.6 Å². The highest BCUT2D eigenvalue weighted by Gasteiger charge is 2.04. The summed E-state index contributed by atoms with van der Waals surface area (Å²) in [4.78, 5) is 0. The third kappa shape index (κ3) is 3.51. The number of hydrogen-bond acceptors (Lipinski definition) is 2. The zero-order chi connectivity index (χ0) is 13.8. The third-order valence-corrected chi connectivity index (χ3v) is 2.80. The van der Waals surface area contributed by atoms with E-state index in [1.807, 2.05) is 19.1 Å². The minimum absolute atomic E-state index is 0.0276. The average molecular weight is 263 g/mol. The van der Waals surface area contributed by atoms with Gasteiger partial charge < -0.3 is 10.5 Å². The standard InChI is InChI=1S/C15H15F2NO/c1-10(18)12-3-5-13(6-4-12)19-9-11-2-7-14(16)15(17)8-11/h2-8,10H,9,18H2,1H3/t10-/m1/s1. The number of hydrogen-bond donors (Lipinski definition) is 1. The van der Waals surface area contributed by atoms with Crippen molar-refractivity contribution in [3.8, 4) is 5.75 Å². The molecule has 0 heterocycles. The van der Waals surface area contributed by atoms with Crippen LogP contribution in [0.1, 0.15) is 24.1 Å². The van der Waals surface area contributed by atoms with Crippen LogP contribution in [0.3, 0.4) is 0 Å². The molecule has 0 spiro atoms. The first-order valence-electron chi connectivity index (χ1n) is 5.98. The van der Waals surface area contributed by atoms with E-state index in [2.05, 4.69) is 0 Å². The van der Waals surface area contributed by atoms with E-state index in [0.29, 0.717) is 11.3 Å². The SMILES string of the molecule is C[C@@H](N)c1ccc(OCc2ccc(F)c(F)c2)cc1. The van der Waals surface area contributed by atoms with Crippen LogP contribution in [0.25, 0.3) is 0 Å². The minimum atomic E-state index is -0.867. The van der Waals surface area contributed by atoms with E-state index >= 15 is 0 Å². The minimum Gasteiger partial charge on any atom is -0.489 e. The highest BCUT2D eigenvalue weighted by Crippen LogP contribution is 2.18. The summed E-state index contributed by atoms with van der Waals surface area (Å²) in [5.41, 5.74) is 7.33. The number of rotatable bonds is 4. The average Bonchev–Trinajstić information content (AvgIpc) is 2.40. The number of benzene rings is 2. The molecule has 0 saturated heterocycles. The molecule has 0 bridgehead atoms. The second-order valence-electron chi connectivity index (χ2n) is 4.39. The highest BCUT2D eigenvalue weighted by molar-refractivity contribution is 5.29. The number of halogens is 2. The van der Waals surface area contributed by atoms with E-state index < -0.39 is 11.6 Å². The van der Waals surface area contributed by atoms with Gasteiger partial charge >= 0.3 is 0 Å². The zero-order valence-corrected chi connectivity index (χ0v) is 10.6. The first kappa shape index (κ1) is 13.5. The molecule has 2 nitrogen and oxygen atoms in total. The third-order valence-electron chi connectivity index (χ3n) is 2.80. The summed E-state index contributed by atoms with van der Waals surface area (Å²) < 4.78 is 31.2. The normalized spacial score (nSPS) is 12.2. The Hall–Kier alpha value is -1.94. The lowest BCUT2D eigenvalue weighted by atomic mass is 10.1. The van der Waals surface area contributed by atoms with Gasteiger partial charge in [0.15, 0.2) is 11.6 Å². The van der Waals surface area contributed by atoms with Crippen molar-refractivity contribution < 1.29 is 13.5 Å². The fourth-order valence-corrected chi connectivity index (χ4v) is 1.66. The fourth-order valence-electron chi connectivity index (χ4n) is 1.66. The Morgan fingerprint density at radius 1 is 1.05 bits per heavy atom. The Morgan fingerprint density at radius 2 is 1.74 bits per heavy atom. The number of nitrogens with two attached hydrogens (primary N) is 1. The lowest BCUT2D eigenvalue weighted by Gasteiger charge is -2.09. The van der Waals surface area contributed by atoms with Gasteiger partial charge in [-0.05, 0) is 42.3 Å². The van der Waals surface area contributed by atoms with Gasteiger partial charge in [-0.2, -0.15) is 0 Å². The van der Waals surface area contributed by atoms with Crippen LogP contribution in [0.4, 0.5) is 8.78 Å². The molecule has 19 heavy (non-hydrogen) atoms. The molecule has 0 aliphatic rings. The number of ether oxygens (including phenoxy) is 1. The molecule has 4 heteroatoms. The predicted octanol–water partition coefficient (Wildman–Crippen LogP) is 3.56. The molecule has 2 rings (SSSR count). The zero-order valence-electron chi connectivity index (χ0n) is 10.6. The summed E-state index contributed by atoms with van der Waals surface area (Å²) in [6.07, 6.45) is 0. The van der Waals surface area contributed by atoms with Crippen LogP contribution in [-0.4, -0.2) is 0 Å². The van der Waals surface area contributed by atoms with Crippen LogP contribution in [0.15, 0.2) is 42.5 Å². The van der Waals surface area contributed by atoms with Crippen LogP contribution in [0.5, 0.6) is 5.75 Å². The van der Waals surface area contributed by atoms with Crippen molar-refractivity contribution in [3.63, 3.8) is 0 Å². The van der Waals surface area contributed by atoms with Crippen LogP contribution < -0.4 is 10.5 Å². The van der Waals surface area contributed by atoms with Gasteiger partial charge in [0.1, 0.15) is 12.4 Å². The largest absolute Gasteiger partial charge is 0.489 e. The molecule has 1 atom stereocenters. The monoisotopic (exact) mass is 263 g/mol. The van der Waals surface area contributed by atoms with Crippen molar-refractivity contribution in [2.24, 2.45) is 5.73 Å².